The molecule has 0 aliphatic carbocycles. The summed E-state index contributed by atoms with van der Waals surface area (Å²) in [7, 11) is 2.01. The van der Waals surface area contributed by atoms with E-state index in [1.54, 1.807) is 10.6 Å². The standard InChI is InChI=1S/C19H16F6N2O5/c1-30-13-7-3-11(4-8-13)15(28)27-17(16(29)31-2,18(20,21)22)26-12-5-9-14(10-6-12)32-19(23,24)25/h3-10,26H,1-2H3,(H,27,28)/t17-/m1/s1. The SMILES string of the molecule is COC(=O)[C@](NC(=O)c1ccc(OC)cc1)(Nc1ccc(OC(F)(F)F)cc1)C(F)(F)F. The first-order chi connectivity index (χ1) is 14.8. The van der Waals surface area contributed by atoms with Crippen molar-refractivity contribution in [3.05, 3.63) is 54.1 Å². The lowest BCUT2D eigenvalue weighted by Gasteiger charge is -2.35. The molecular formula is C19H16F6N2O5. The van der Waals surface area contributed by atoms with Gasteiger partial charge in [0.2, 0.25) is 0 Å². The van der Waals surface area contributed by atoms with E-state index in [1.807, 2.05) is 0 Å². The smallest absolute Gasteiger partial charge is 0.497 e. The number of amides is 1. The van der Waals surface area contributed by atoms with Crippen LogP contribution in [0.15, 0.2) is 48.5 Å². The van der Waals surface area contributed by atoms with Gasteiger partial charge in [-0.3, -0.25) is 4.79 Å². The van der Waals surface area contributed by atoms with Crippen LogP contribution in [0.3, 0.4) is 0 Å². The molecule has 1 atom stereocenters. The van der Waals surface area contributed by atoms with Crippen molar-refractivity contribution >= 4 is 17.6 Å². The van der Waals surface area contributed by atoms with Gasteiger partial charge in [0.05, 0.1) is 14.2 Å². The molecule has 0 aliphatic heterocycles. The van der Waals surface area contributed by atoms with Crippen LogP contribution in [0.25, 0.3) is 0 Å². The summed E-state index contributed by atoms with van der Waals surface area (Å²) in [5, 5.41) is 3.38. The van der Waals surface area contributed by atoms with E-state index in [0.717, 1.165) is 36.4 Å². The summed E-state index contributed by atoms with van der Waals surface area (Å²) < 4.78 is 91.7. The number of nitrogens with one attached hydrogen (secondary N) is 2. The molecule has 0 saturated heterocycles. The van der Waals surface area contributed by atoms with Crippen molar-refractivity contribution in [2.24, 2.45) is 0 Å². The molecule has 1 amide bonds. The van der Waals surface area contributed by atoms with E-state index >= 15 is 0 Å². The van der Waals surface area contributed by atoms with E-state index in [2.05, 4.69) is 9.47 Å². The van der Waals surface area contributed by atoms with Crippen molar-refractivity contribution in [3.8, 4) is 11.5 Å². The van der Waals surface area contributed by atoms with Gasteiger partial charge in [0.1, 0.15) is 11.5 Å². The summed E-state index contributed by atoms with van der Waals surface area (Å²) in [4.78, 5) is 24.7. The van der Waals surface area contributed by atoms with E-state index in [0.29, 0.717) is 12.9 Å². The lowest BCUT2D eigenvalue weighted by molar-refractivity contribution is -0.274. The Morgan fingerprint density at radius 1 is 0.812 bits per heavy atom. The molecule has 0 radical (unpaired) electrons. The number of halogens is 6. The second kappa shape index (κ2) is 9.24. The summed E-state index contributed by atoms with van der Waals surface area (Å²) in [5.74, 6) is -3.58. The highest BCUT2D eigenvalue weighted by molar-refractivity contribution is 5.99. The molecule has 2 rings (SSSR count). The van der Waals surface area contributed by atoms with Gasteiger partial charge in [0.15, 0.2) is 0 Å². The van der Waals surface area contributed by atoms with Gasteiger partial charge in [-0.1, -0.05) is 0 Å². The molecular weight excluding hydrogens is 450 g/mol. The largest absolute Gasteiger partial charge is 0.573 e. The summed E-state index contributed by atoms with van der Waals surface area (Å²) >= 11 is 0. The zero-order chi connectivity index (χ0) is 24.2. The third-order valence-corrected chi connectivity index (χ3v) is 3.99. The average molecular weight is 466 g/mol. The van der Waals surface area contributed by atoms with E-state index in [1.165, 1.54) is 19.2 Å². The predicted octanol–water partition coefficient (Wildman–Crippen LogP) is 3.87. The van der Waals surface area contributed by atoms with E-state index in [4.69, 9.17) is 4.74 Å². The molecule has 0 saturated carbocycles. The first-order valence-electron chi connectivity index (χ1n) is 8.57. The van der Waals surface area contributed by atoms with Crippen molar-refractivity contribution in [3.63, 3.8) is 0 Å². The van der Waals surface area contributed by atoms with E-state index in [9.17, 15) is 35.9 Å². The van der Waals surface area contributed by atoms with Crippen LogP contribution in [0, 0.1) is 0 Å². The number of benzene rings is 2. The van der Waals surface area contributed by atoms with Gasteiger partial charge in [0.25, 0.3) is 5.91 Å². The van der Waals surface area contributed by atoms with Crippen LogP contribution in [-0.4, -0.2) is 44.3 Å². The van der Waals surface area contributed by atoms with Gasteiger partial charge in [-0.25, -0.2) is 4.79 Å². The number of carbonyl (C=O) groups is 2. The Bertz CT molecular complexity index is 945. The van der Waals surface area contributed by atoms with Crippen molar-refractivity contribution in [2.75, 3.05) is 19.5 Å². The number of ether oxygens (including phenoxy) is 3. The molecule has 13 heteroatoms. The van der Waals surface area contributed by atoms with Crippen molar-refractivity contribution in [1.82, 2.24) is 5.32 Å². The topological polar surface area (TPSA) is 85.9 Å². The fraction of sp³-hybridized carbons (Fsp3) is 0.263. The monoisotopic (exact) mass is 466 g/mol. The molecule has 0 fully saturated rings. The molecule has 0 heterocycles. The minimum Gasteiger partial charge on any atom is -0.497 e. The Labute approximate surface area is 177 Å². The van der Waals surface area contributed by atoms with Crippen LogP contribution < -0.4 is 20.1 Å². The number of rotatable bonds is 7. The molecule has 7 nitrogen and oxygen atoms in total. The minimum atomic E-state index is -5.43. The summed E-state index contributed by atoms with van der Waals surface area (Å²) in [5.41, 5.74) is -4.46. The number of carbonyl (C=O) groups excluding carboxylic acids is 2. The summed E-state index contributed by atoms with van der Waals surface area (Å²) in [6.45, 7) is 0. The summed E-state index contributed by atoms with van der Waals surface area (Å²) in [6.07, 6.45) is -10.4. The van der Waals surface area contributed by atoms with Crippen LogP contribution in [-0.2, 0) is 9.53 Å². The van der Waals surface area contributed by atoms with Crippen molar-refractivity contribution in [2.45, 2.75) is 18.2 Å². The van der Waals surface area contributed by atoms with Gasteiger partial charge >= 0.3 is 24.2 Å². The maximum atomic E-state index is 14.0. The lowest BCUT2D eigenvalue weighted by Crippen LogP contribution is -2.69. The van der Waals surface area contributed by atoms with Crippen LogP contribution in [0.5, 0.6) is 11.5 Å². The zero-order valence-corrected chi connectivity index (χ0v) is 16.4. The third kappa shape index (κ3) is 5.74. The van der Waals surface area contributed by atoms with Crippen molar-refractivity contribution < 1.29 is 50.1 Å². The summed E-state index contributed by atoms with van der Waals surface area (Å²) in [6, 6.07) is 7.99. The predicted molar refractivity (Wildman–Crippen MR) is 98.0 cm³/mol. The molecule has 0 aliphatic rings. The van der Waals surface area contributed by atoms with Crippen molar-refractivity contribution in [1.29, 1.82) is 0 Å². The number of anilines is 1. The second-order valence-electron chi connectivity index (χ2n) is 6.12. The number of hydrogen-bond acceptors (Lipinski definition) is 6. The Hall–Kier alpha value is -3.64. The molecule has 0 unspecified atom stereocenters. The number of hydrogen-bond donors (Lipinski definition) is 2. The fourth-order valence-corrected chi connectivity index (χ4v) is 2.49. The number of esters is 1. The first-order valence-corrected chi connectivity index (χ1v) is 8.57. The number of alkyl halides is 6. The lowest BCUT2D eigenvalue weighted by atomic mass is 10.1. The fourth-order valence-electron chi connectivity index (χ4n) is 2.49. The Morgan fingerprint density at radius 2 is 1.34 bits per heavy atom. The highest BCUT2D eigenvalue weighted by atomic mass is 19.4. The molecule has 0 aromatic heterocycles. The maximum absolute atomic E-state index is 14.0. The molecule has 32 heavy (non-hydrogen) atoms. The van der Waals surface area contributed by atoms with Gasteiger partial charge in [0, 0.05) is 11.3 Å². The first kappa shape index (κ1) is 24.6. The highest BCUT2D eigenvalue weighted by Gasteiger charge is 2.63. The van der Waals surface area contributed by atoms with Gasteiger partial charge in [-0.15, -0.1) is 13.2 Å². The average Bonchev–Trinajstić information content (AvgIpc) is 2.72. The van der Waals surface area contributed by atoms with E-state index < -0.39 is 41.5 Å². The second-order valence-corrected chi connectivity index (χ2v) is 6.12. The Kier molecular flexibility index (Phi) is 7.11. The third-order valence-electron chi connectivity index (χ3n) is 3.99. The normalized spacial score (nSPS) is 13.5. The van der Waals surface area contributed by atoms with Gasteiger partial charge in [-0.2, -0.15) is 13.2 Å². The molecule has 2 N–H and O–H groups in total. The Morgan fingerprint density at radius 3 is 1.78 bits per heavy atom. The molecule has 0 spiro atoms. The highest BCUT2D eigenvalue weighted by Crippen LogP contribution is 2.34. The molecule has 2 aromatic carbocycles. The quantitative estimate of drug-likeness (QED) is 0.366. The molecule has 174 valence electrons. The van der Waals surface area contributed by atoms with E-state index in [-0.39, 0.29) is 5.56 Å². The van der Waals surface area contributed by atoms with Gasteiger partial charge in [-0.05, 0) is 48.5 Å². The Balaban J connectivity index is 2.40. The number of methoxy groups -OCH3 is 2. The zero-order valence-electron chi connectivity index (χ0n) is 16.4. The minimum absolute atomic E-state index is 0.237. The maximum Gasteiger partial charge on any atom is 0.573 e. The van der Waals surface area contributed by atoms with Crippen LogP contribution in [0.4, 0.5) is 32.0 Å². The van der Waals surface area contributed by atoms with Crippen LogP contribution in [0.1, 0.15) is 10.4 Å². The molecule has 2 aromatic rings. The van der Waals surface area contributed by atoms with Crippen LogP contribution in [0.2, 0.25) is 0 Å². The van der Waals surface area contributed by atoms with Gasteiger partial charge < -0.3 is 24.8 Å². The van der Waals surface area contributed by atoms with Crippen LogP contribution >= 0.6 is 0 Å². The molecule has 0 bridgehead atoms.